The summed E-state index contributed by atoms with van der Waals surface area (Å²) in [6, 6.07) is 13.3. The smallest absolute Gasteiger partial charge is 0.309 e. The zero-order chi connectivity index (χ0) is 19.8. The fourth-order valence-corrected chi connectivity index (χ4v) is 4.10. The molecule has 1 fully saturated rings. The monoisotopic (exact) mass is 390 g/mol. The number of ether oxygens (including phenoxy) is 2. The van der Waals surface area contributed by atoms with Gasteiger partial charge >= 0.3 is 5.92 Å². The molecule has 150 valence electrons. The molecule has 2 aromatic carbocycles. The highest BCUT2D eigenvalue weighted by molar-refractivity contribution is 5.43. The van der Waals surface area contributed by atoms with Gasteiger partial charge in [0.15, 0.2) is 5.60 Å². The van der Waals surface area contributed by atoms with Gasteiger partial charge in [0.25, 0.3) is 0 Å². The summed E-state index contributed by atoms with van der Waals surface area (Å²) >= 11 is 0. The average Bonchev–Trinajstić information content (AvgIpc) is 3.28. The minimum Gasteiger partial charge on any atom is -0.491 e. The van der Waals surface area contributed by atoms with Gasteiger partial charge in [-0.15, -0.1) is 0 Å². The van der Waals surface area contributed by atoms with Gasteiger partial charge in [-0.05, 0) is 54.5 Å². The SMILES string of the molecule is OC1c2ccccc2[C@](O)(CCc2cccc(OC[C@@H]3CCCO3)c2)C1(F)F. The van der Waals surface area contributed by atoms with Crippen molar-refractivity contribution >= 4 is 0 Å². The van der Waals surface area contributed by atoms with E-state index in [-0.39, 0.29) is 30.1 Å². The first kappa shape index (κ1) is 19.3. The summed E-state index contributed by atoms with van der Waals surface area (Å²) in [6.45, 7) is 1.22. The van der Waals surface area contributed by atoms with Crippen LogP contribution in [0.1, 0.15) is 42.1 Å². The lowest BCUT2D eigenvalue weighted by Gasteiger charge is -2.31. The Morgan fingerprint density at radius 3 is 2.75 bits per heavy atom. The van der Waals surface area contributed by atoms with Crippen molar-refractivity contribution < 1.29 is 28.5 Å². The summed E-state index contributed by atoms with van der Waals surface area (Å²) in [5, 5.41) is 20.9. The van der Waals surface area contributed by atoms with Gasteiger partial charge in [0.1, 0.15) is 18.5 Å². The van der Waals surface area contributed by atoms with E-state index in [2.05, 4.69) is 0 Å². The van der Waals surface area contributed by atoms with Crippen LogP contribution in [0.4, 0.5) is 8.78 Å². The molecule has 28 heavy (non-hydrogen) atoms. The van der Waals surface area contributed by atoms with Crippen molar-refractivity contribution in [2.75, 3.05) is 13.2 Å². The molecule has 2 N–H and O–H groups in total. The molecule has 0 spiro atoms. The quantitative estimate of drug-likeness (QED) is 0.789. The van der Waals surface area contributed by atoms with Crippen molar-refractivity contribution in [1.29, 1.82) is 0 Å². The molecule has 6 heteroatoms. The van der Waals surface area contributed by atoms with Crippen LogP contribution in [0.3, 0.4) is 0 Å². The topological polar surface area (TPSA) is 58.9 Å². The first-order chi connectivity index (χ1) is 13.4. The van der Waals surface area contributed by atoms with Crippen LogP contribution in [0.25, 0.3) is 0 Å². The molecule has 1 heterocycles. The maximum Gasteiger partial charge on any atom is 0.309 e. The Kier molecular flexibility index (Phi) is 5.12. The molecule has 0 aromatic heterocycles. The molecular formula is C22H24F2O4. The summed E-state index contributed by atoms with van der Waals surface area (Å²) in [4.78, 5) is 0. The van der Waals surface area contributed by atoms with E-state index in [0.717, 1.165) is 25.0 Å². The predicted octanol–water partition coefficient (Wildman–Crippen LogP) is 3.75. The third-order valence-electron chi connectivity index (χ3n) is 5.73. The number of aliphatic hydroxyl groups excluding tert-OH is 1. The molecule has 0 saturated carbocycles. The first-order valence-corrected chi connectivity index (χ1v) is 9.63. The second-order valence-electron chi connectivity index (χ2n) is 7.57. The molecule has 0 bridgehead atoms. The fraction of sp³-hybridized carbons (Fsp3) is 0.455. The molecule has 1 saturated heterocycles. The maximum absolute atomic E-state index is 14.7. The summed E-state index contributed by atoms with van der Waals surface area (Å²) < 4.78 is 40.7. The highest BCUT2D eigenvalue weighted by Crippen LogP contribution is 2.55. The minimum absolute atomic E-state index is 0.0867. The van der Waals surface area contributed by atoms with Gasteiger partial charge < -0.3 is 19.7 Å². The Balaban J connectivity index is 1.47. The lowest BCUT2D eigenvalue weighted by molar-refractivity contribution is -0.226. The van der Waals surface area contributed by atoms with Crippen molar-refractivity contribution in [3.63, 3.8) is 0 Å². The number of fused-ring (bicyclic) bond motifs is 1. The van der Waals surface area contributed by atoms with E-state index in [4.69, 9.17) is 9.47 Å². The summed E-state index contributed by atoms with van der Waals surface area (Å²) in [7, 11) is 0. The van der Waals surface area contributed by atoms with Gasteiger partial charge in [-0.3, -0.25) is 0 Å². The van der Waals surface area contributed by atoms with Crippen LogP contribution in [-0.2, 0) is 16.8 Å². The molecule has 2 aliphatic rings. The summed E-state index contributed by atoms with van der Waals surface area (Å²) in [5.74, 6) is -3.00. The second kappa shape index (κ2) is 7.43. The van der Waals surface area contributed by atoms with Gasteiger partial charge in [0.2, 0.25) is 0 Å². The van der Waals surface area contributed by atoms with E-state index >= 15 is 0 Å². The normalized spacial score (nSPS) is 28.3. The summed E-state index contributed by atoms with van der Waals surface area (Å²) in [5.41, 5.74) is -1.44. The van der Waals surface area contributed by atoms with E-state index in [1.165, 1.54) is 12.1 Å². The first-order valence-electron chi connectivity index (χ1n) is 9.63. The van der Waals surface area contributed by atoms with E-state index in [1.54, 1.807) is 24.3 Å². The van der Waals surface area contributed by atoms with Crippen LogP contribution in [-0.4, -0.2) is 35.5 Å². The Labute approximate surface area is 162 Å². The average molecular weight is 390 g/mol. The van der Waals surface area contributed by atoms with Crippen LogP contribution in [0.2, 0.25) is 0 Å². The molecule has 4 rings (SSSR count). The predicted molar refractivity (Wildman–Crippen MR) is 99.5 cm³/mol. The molecular weight excluding hydrogens is 366 g/mol. The van der Waals surface area contributed by atoms with Crippen LogP contribution in [0.5, 0.6) is 5.75 Å². The van der Waals surface area contributed by atoms with Crippen LogP contribution < -0.4 is 4.74 Å². The molecule has 4 nitrogen and oxygen atoms in total. The molecule has 3 atom stereocenters. The molecule has 0 radical (unpaired) electrons. The number of hydrogen-bond acceptors (Lipinski definition) is 4. The van der Waals surface area contributed by atoms with E-state index in [1.807, 2.05) is 12.1 Å². The van der Waals surface area contributed by atoms with E-state index in [0.29, 0.717) is 12.4 Å². The molecule has 0 amide bonds. The summed E-state index contributed by atoms with van der Waals surface area (Å²) in [6.07, 6.45) is 0.125. The Hall–Kier alpha value is -2.02. The third kappa shape index (κ3) is 3.30. The van der Waals surface area contributed by atoms with Gasteiger partial charge in [-0.2, -0.15) is 8.78 Å². The number of alkyl halides is 2. The van der Waals surface area contributed by atoms with Gasteiger partial charge in [-0.1, -0.05) is 36.4 Å². The Morgan fingerprint density at radius 2 is 1.96 bits per heavy atom. The van der Waals surface area contributed by atoms with E-state index in [9.17, 15) is 19.0 Å². The number of aryl methyl sites for hydroxylation is 1. The van der Waals surface area contributed by atoms with Crippen LogP contribution in [0.15, 0.2) is 48.5 Å². The number of halogens is 2. The van der Waals surface area contributed by atoms with Crippen molar-refractivity contribution in [3.05, 3.63) is 65.2 Å². The number of benzene rings is 2. The Morgan fingerprint density at radius 1 is 1.14 bits per heavy atom. The lowest BCUT2D eigenvalue weighted by atomic mass is 9.86. The molecule has 1 unspecified atom stereocenters. The minimum atomic E-state index is -3.65. The largest absolute Gasteiger partial charge is 0.491 e. The molecule has 2 aromatic rings. The lowest BCUT2D eigenvalue weighted by Crippen LogP contribution is -2.44. The zero-order valence-electron chi connectivity index (χ0n) is 15.5. The highest BCUT2D eigenvalue weighted by Gasteiger charge is 2.64. The molecule has 1 aliphatic carbocycles. The molecule has 1 aliphatic heterocycles. The maximum atomic E-state index is 14.7. The number of hydrogen-bond donors (Lipinski definition) is 2. The van der Waals surface area contributed by atoms with Gasteiger partial charge in [-0.25, -0.2) is 0 Å². The number of aliphatic hydroxyl groups is 2. The second-order valence-corrected chi connectivity index (χ2v) is 7.57. The van der Waals surface area contributed by atoms with Crippen molar-refractivity contribution in [2.45, 2.75) is 49.4 Å². The number of rotatable bonds is 6. The van der Waals surface area contributed by atoms with Gasteiger partial charge in [0, 0.05) is 6.61 Å². The zero-order valence-corrected chi connectivity index (χ0v) is 15.5. The van der Waals surface area contributed by atoms with Crippen molar-refractivity contribution in [3.8, 4) is 5.75 Å². The third-order valence-corrected chi connectivity index (χ3v) is 5.73. The van der Waals surface area contributed by atoms with Crippen LogP contribution in [0, 0.1) is 0 Å². The van der Waals surface area contributed by atoms with Crippen LogP contribution >= 0.6 is 0 Å². The van der Waals surface area contributed by atoms with Crippen molar-refractivity contribution in [1.82, 2.24) is 0 Å². The Bertz CT molecular complexity index is 835. The highest BCUT2D eigenvalue weighted by atomic mass is 19.3. The standard InChI is InChI=1S/C22H24F2O4/c23-22(24)20(25)18-8-1-2-9-19(18)21(22,26)11-10-15-5-3-6-16(13-15)28-14-17-7-4-12-27-17/h1-3,5-6,8-9,13,17,20,25-26H,4,7,10-12,14H2/t17-,20?,21+/m0/s1. The van der Waals surface area contributed by atoms with Crippen molar-refractivity contribution in [2.24, 2.45) is 0 Å². The van der Waals surface area contributed by atoms with Gasteiger partial charge in [0.05, 0.1) is 6.10 Å². The fourth-order valence-electron chi connectivity index (χ4n) is 4.10. The van der Waals surface area contributed by atoms with E-state index < -0.39 is 17.6 Å².